The van der Waals surface area contributed by atoms with Crippen LogP contribution in [0.1, 0.15) is 74.3 Å². The first-order valence-corrected chi connectivity index (χ1v) is 21.1. The third kappa shape index (κ3) is 7.40. The lowest BCUT2D eigenvalue weighted by Crippen LogP contribution is -2.59. The van der Waals surface area contributed by atoms with Crippen LogP contribution < -0.4 is 24.9 Å². The van der Waals surface area contributed by atoms with Crippen LogP contribution in [-0.4, -0.2) is 110 Å². The molecule has 0 unspecified atom stereocenters. The Labute approximate surface area is 340 Å². The van der Waals surface area contributed by atoms with Crippen LogP contribution in [0.2, 0.25) is 5.02 Å². The first-order valence-electron chi connectivity index (χ1n) is 20.8. The van der Waals surface area contributed by atoms with Gasteiger partial charge in [0.1, 0.15) is 11.8 Å². The maximum absolute atomic E-state index is 13.6. The number of carbonyl (C=O) groups excluding carboxylic acids is 3. The minimum atomic E-state index is -0.352. The number of rotatable bonds is 6. The number of nitrogens with zero attached hydrogens (tertiary/aromatic N) is 8. The van der Waals surface area contributed by atoms with Crippen LogP contribution in [0.25, 0.3) is 0 Å². The lowest BCUT2D eigenvalue weighted by atomic mass is 9.60. The highest BCUT2D eigenvalue weighted by Crippen LogP contribution is 2.51. The number of pyridine rings is 1. The number of benzene rings is 2. The first kappa shape index (κ1) is 37.7. The van der Waals surface area contributed by atoms with Crippen LogP contribution in [0, 0.1) is 22.2 Å². The average molecular weight is 790 g/mol. The van der Waals surface area contributed by atoms with Crippen molar-refractivity contribution < 1.29 is 14.4 Å². The number of piperazine rings is 1. The van der Waals surface area contributed by atoms with E-state index in [1.165, 1.54) is 12.8 Å². The summed E-state index contributed by atoms with van der Waals surface area (Å²) in [5.41, 5.74) is 5.82. The summed E-state index contributed by atoms with van der Waals surface area (Å²) in [7, 11) is 0. The Bertz CT molecular complexity index is 2040. The molecule has 6 fully saturated rings. The van der Waals surface area contributed by atoms with Gasteiger partial charge in [-0.25, -0.2) is 9.78 Å². The largest absolute Gasteiger partial charge is 0.370 e. The number of urea groups is 1. The normalized spacial score (nSPS) is 23.8. The Morgan fingerprint density at radius 1 is 0.789 bits per heavy atom. The molecule has 0 bridgehead atoms. The van der Waals surface area contributed by atoms with E-state index in [1.54, 1.807) is 4.90 Å². The summed E-state index contributed by atoms with van der Waals surface area (Å²) in [6.07, 6.45) is 10.1. The minimum Gasteiger partial charge on any atom is -0.370 e. The van der Waals surface area contributed by atoms with Gasteiger partial charge in [0.05, 0.1) is 22.5 Å². The second kappa shape index (κ2) is 15.1. The van der Waals surface area contributed by atoms with Crippen LogP contribution in [-0.2, 0) is 4.79 Å². The van der Waals surface area contributed by atoms with E-state index in [-0.39, 0.29) is 23.3 Å². The molecule has 1 saturated carbocycles. The number of hydrogen-bond donors (Lipinski definition) is 1. The summed E-state index contributed by atoms with van der Waals surface area (Å²) < 4.78 is 0. The number of imide groups is 1. The van der Waals surface area contributed by atoms with E-state index in [0.29, 0.717) is 46.7 Å². The Balaban J connectivity index is 0.708. The van der Waals surface area contributed by atoms with Crippen molar-refractivity contribution in [2.75, 3.05) is 85.0 Å². The van der Waals surface area contributed by atoms with Gasteiger partial charge in [-0.15, -0.1) is 0 Å². The van der Waals surface area contributed by atoms with E-state index in [9.17, 15) is 19.6 Å². The zero-order valence-electron chi connectivity index (χ0n) is 32.8. The van der Waals surface area contributed by atoms with E-state index in [1.807, 2.05) is 47.5 Å². The van der Waals surface area contributed by atoms with Gasteiger partial charge in [0.2, 0.25) is 5.91 Å². The molecule has 0 radical (unpaired) electrons. The number of likely N-dealkylation sites (tertiary alicyclic amines) is 1. The summed E-state index contributed by atoms with van der Waals surface area (Å²) >= 11 is 6.38. The molecule has 12 nitrogen and oxygen atoms in total. The third-order valence-corrected chi connectivity index (χ3v) is 14.5. The molecule has 5 saturated heterocycles. The molecule has 1 aromatic heterocycles. The van der Waals surface area contributed by atoms with Crippen LogP contribution >= 0.6 is 11.6 Å². The summed E-state index contributed by atoms with van der Waals surface area (Å²) in [5, 5.41) is 12.2. The third-order valence-electron chi connectivity index (χ3n) is 14.2. The maximum atomic E-state index is 13.6. The second-order valence-corrected chi connectivity index (χ2v) is 17.9. The van der Waals surface area contributed by atoms with E-state index >= 15 is 0 Å². The Morgan fingerprint density at radius 3 is 2.09 bits per heavy atom. The highest BCUT2D eigenvalue weighted by Gasteiger charge is 2.49. The Hall–Kier alpha value is -4.86. The molecule has 4 amide bonds. The van der Waals surface area contributed by atoms with Crippen molar-refractivity contribution in [3.05, 3.63) is 77.1 Å². The van der Waals surface area contributed by atoms with Crippen molar-refractivity contribution in [1.29, 1.82) is 5.26 Å². The smallest absolute Gasteiger partial charge is 0.328 e. The predicted octanol–water partition coefficient (Wildman–Crippen LogP) is 6.15. The van der Waals surface area contributed by atoms with Crippen molar-refractivity contribution in [2.45, 2.75) is 70.4 Å². The molecule has 6 heterocycles. The number of nitrogens with one attached hydrogen (secondary N) is 1. The zero-order chi connectivity index (χ0) is 39.3. The van der Waals surface area contributed by atoms with E-state index in [0.717, 1.165) is 114 Å². The zero-order valence-corrected chi connectivity index (χ0v) is 33.6. The highest BCUT2D eigenvalue weighted by molar-refractivity contribution is 6.32. The molecule has 9 rings (SSSR count). The van der Waals surface area contributed by atoms with E-state index < -0.39 is 0 Å². The summed E-state index contributed by atoms with van der Waals surface area (Å²) in [5.74, 6) is -0.172. The van der Waals surface area contributed by atoms with Gasteiger partial charge in [0.15, 0.2) is 0 Å². The number of amides is 4. The molecule has 2 spiro atoms. The first-order chi connectivity index (χ1) is 27.6. The number of halogens is 1. The fourth-order valence-corrected chi connectivity index (χ4v) is 10.9. The standard InChI is InChI=1S/C44H52ClN9O3/c1-31-25-44(30-54(31)35-3-2-32(28-46)38(45)24-35)13-16-49(17-14-44)36-8-9-39(47-29-36)41(56)52-18-11-43(12-19-52)26-37(27-43)51-22-20-50(21-23-51)33-4-6-34(7-5-33)53-15-10-40(55)48-42(53)57/h2-9,24,29,31,37H,10-23,25-27,30H2,1H3,(H,48,55,57)/t31-/m0/s1. The molecular weight excluding hydrogens is 738 g/mol. The molecule has 1 N–H and O–H groups in total. The average Bonchev–Trinajstić information content (AvgIpc) is 3.55. The van der Waals surface area contributed by atoms with Crippen molar-refractivity contribution in [3.63, 3.8) is 0 Å². The Kier molecular flexibility index (Phi) is 10.0. The predicted molar refractivity (Wildman–Crippen MR) is 222 cm³/mol. The fraction of sp³-hybridized carbons (Fsp3) is 0.523. The lowest BCUT2D eigenvalue weighted by Gasteiger charge is -2.56. The molecule has 2 aromatic carbocycles. The number of anilines is 4. The SMILES string of the molecule is C[C@H]1CC2(CCN(c3ccc(C(=O)N4CCC5(CC4)CC(N4CCN(c6ccc(N7CCC(=O)NC7=O)cc6)CC4)C5)nc3)CC2)CN1c1ccc(C#N)c(Cl)c1. The molecule has 298 valence electrons. The van der Waals surface area contributed by atoms with E-state index in [4.69, 9.17) is 16.6 Å². The van der Waals surface area contributed by atoms with Gasteiger partial charge in [0, 0.05) is 101 Å². The quantitative estimate of drug-likeness (QED) is 0.314. The summed E-state index contributed by atoms with van der Waals surface area (Å²) in [6.45, 7) is 11.3. The van der Waals surface area contributed by atoms with Crippen LogP contribution in [0.3, 0.4) is 0 Å². The molecule has 5 aliphatic heterocycles. The van der Waals surface area contributed by atoms with Crippen LogP contribution in [0.4, 0.5) is 27.5 Å². The van der Waals surface area contributed by atoms with Gasteiger partial charge in [0.25, 0.3) is 5.91 Å². The molecule has 13 heteroatoms. The molecule has 57 heavy (non-hydrogen) atoms. The number of carbonyl (C=O) groups is 3. The van der Waals surface area contributed by atoms with Crippen molar-refractivity contribution in [2.24, 2.45) is 10.8 Å². The number of aromatic nitrogens is 1. The van der Waals surface area contributed by atoms with Crippen LogP contribution in [0.5, 0.6) is 0 Å². The summed E-state index contributed by atoms with van der Waals surface area (Å²) in [4.78, 5) is 55.6. The van der Waals surface area contributed by atoms with E-state index in [2.05, 4.69) is 56.1 Å². The maximum Gasteiger partial charge on any atom is 0.328 e. The van der Waals surface area contributed by atoms with Gasteiger partial charge >= 0.3 is 6.03 Å². The Morgan fingerprint density at radius 2 is 1.44 bits per heavy atom. The molecular formula is C44H52ClN9O3. The monoisotopic (exact) mass is 789 g/mol. The van der Waals surface area contributed by atoms with Crippen molar-refractivity contribution in [3.8, 4) is 6.07 Å². The highest BCUT2D eigenvalue weighted by atomic mass is 35.5. The second-order valence-electron chi connectivity index (χ2n) is 17.5. The van der Waals surface area contributed by atoms with Gasteiger partial charge in [-0.2, -0.15) is 5.26 Å². The van der Waals surface area contributed by atoms with Gasteiger partial charge in [-0.1, -0.05) is 11.6 Å². The minimum absolute atomic E-state index is 0.0475. The molecule has 1 atom stereocenters. The fourth-order valence-electron chi connectivity index (χ4n) is 10.7. The van der Waals surface area contributed by atoms with Gasteiger partial charge < -0.3 is 19.6 Å². The summed E-state index contributed by atoms with van der Waals surface area (Å²) in [6, 6.07) is 20.7. The number of piperidine rings is 2. The molecule has 3 aromatic rings. The molecule has 1 aliphatic carbocycles. The number of nitriles is 1. The van der Waals surface area contributed by atoms with Crippen molar-refractivity contribution >= 4 is 52.2 Å². The molecule has 6 aliphatic rings. The van der Waals surface area contributed by atoms with Gasteiger partial charge in [-0.05, 0) is 117 Å². The van der Waals surface area contributed by atoms with Gasteiger partial charge in [-0.3, -0.25) is 24.7 Å². The van der Waals surface area contributed by atoms with Crippen molar-refractivity contribution in [1.82, 2.24) is 20.1 Å². The number of hydrogen-bond acceptors (Lipinski definition) is 9. The lowest BCUT2D eigenvalue weighted by molar-refractivity contribution is -0.120. The van der Waals surface area contributed by atoms with Crippen LogP contribution in [0.15, 0.2) is 60.8 Å². The topological polar surface area (TPSA) is 119 Å².